The summed E-state index contributed by atoms with van der Waals surface area (Å²) >= 11 is 0. The van der Waals surface area contributed by atoms with E-state index in [1.54, 1.807) is 30.3 Å². The summed E-state index contributed by atoms with van der Waals surface area (Å²) in [5, 5.41) is 6.67. The van der Waals surface area contributed by atoms with E-state index in [0.717, 1.165) is 11.3 Å². The van der Waals surface area contributed by atoms with Gasteiger partial charge in [0.25, 0.3) is 0 Å². The van der Waals surface area contributed by atoms with Crippen LogP contribution in [0.2, 0.25) is 0 Å². The summed E-state index contributed by atoms with van der Waals surface area (Å²) in [6.45, 7) is 0.488. The molecule has 2 rings (SSSR count). The van der Waals surface area contributed by atoms with Crippen LogP contribution in [0.3, 0.4) is 0 Å². The van der Waals surface area contributed by atoms with E-state index in [1.807, 2.05) is 24.3 Å². The molecule has 102 valence electrons. The highest BCUT2D eigenvalue weighted by atomic mass is 16.5. The van der Waals surface area contributed by atoms with Gasteiger partial charge in [-0.15, -0.1) is 0 Å². The quantitative estimate of drug-likeness (QED) is 0.844. The van der Waals surface area contributed by atoms with Crippen molar-refractivity contribution in [3.63, 3.8) is 0 Å². The van der Waals surface area contributed by atoms with Gasteiger partial charge in [0.2, 0.25) is 5.91 Å². The van der Waals surface area contributed by atoms with Crippen molar-refractivity contribution in [1.29, 1.82) is 0 Å². The zero-order valence-electron chi connectivity index (χ0n) is 11.2. The number of hydrogen-bond donors (Lipinski definition) is 1. The van der Waals surface area contributed by atoms with E-state index in [0.29, 0.717) is 0 Å². The Balaban J connectivity index is 1.84. The molecule has 1 N–H and O–H groups in total. The van der Waals surface area contributed by atoms with Crippen LogP contribution in [-0.4, -0.2) is 29.3 Å². The van der Waals surface area contributed by atoms with Crippen LogP contribution in [0.5, 0.6) is 5.75 Å². The summed E-state index contributed by atoms with van der Waals surface area (Å²) in [5.41, 5.74) is 0.802. The van der Waals surface area contributed by atoms with Crippen molar-refractivity contribution in [2.24, 2.45) is 0 Å². The number of aromatic nitrogens is 2. The molecule has 0 saturated heterocycles. The lowest BCUT2D eigenvalue weighted by Gasteiger charge is -2.02. The van der Waals surface area contributed by atoms with Gasteiger partial charge in [0.05, 0.1) is 19.2 Å². The molecule has 2 aromatic rings. The fraction of sp³-hybridized carbons (Fsp3) is 0.200. The van der Waals surface area contributed by atoms with Crippen LogP contribution in [0.1, 0.15) is 5.56 Å². The summed E-state index contributed by atoms with van der Waals surface area (Å²) in [4.78, 5) is 11.6. The normalized spacial score (nSPS) is 9.45. The van der Waals surface area contributed by atoms with Gasteiger partial charge in [-0.2, -0.15) is 5.10 Å². The molecule has 1 amide bonds. The van der Waals surface area contributed by atoms with Crippen molar-refractivity contribution in [1.82, 2.24) is 15.1 Å². The minimum atomic E-state index is -0.122. The van der Waals surface area contributed by atoms with Crippen molar-refractivity contribution in [2.45, 2.75) is 6.54 Å². The largest absolute Gasteiger partial charge is 0.495 e. The number of carbonyl (C=O) groups excluding carboxylic acids is 1. The maximum atomic E-state index is 11.6. The number of ether oxygens (including phenoxy) is 1. The Morgan fingerprint density at radius 1 is 1.40 bits per heavy atom. The SMILES string of the molecule is COc1ccccc1C#CCNC(=O)Cn1cccn1. The smallest absolute Gasteiger partial charge is 0.242 e. The average molecular weight is 269 g/mol. The van der Waals surface area contributed by atoms with Crippen LogP contribution in [-0.2, 0) is 11.3 Å². The van der Waals surface area contributed by atoms with Crippen molar-refractivity contribution in [3.8, 4) is 17.6 Å². The average Bonchev–Trinajstić information content (AvgIpc) is 2.97. The summed E-state index contributed by atoms with van der Waals surface area (Å²) in [7, 11) is 1.60. The highest BCUT2D eigenvalue weighted by Gasteiger charge is 2.00. The standard InChI is InChI=1S/C15H15N3O2/c1-20-14-8-3-2-6-13(14)7-4-9-16-15(19)12-18-11-5-10-17-18/h2-3,5-6,8,10-11H,9,12H2,1H3,(H,16,19). The Morgan fingerprint density at radius 3 is 3.00 bits per heavy atom. The van der Waals surface area contributed by atoms with E-state index < -0.39 is 0 Å². The molecule has 20 heavy (non-hydrogen) atoms. The number of carbonyl (C=O) groups is 1. The molecule has 0 aliphatic heterocycles. The van der Waals surface area contributed by atoms with Crippen molar-refractivity contribution < 1.29 is 9.53 Å². The summed E-state index contributed by atoms with van der Waals surface area (Å²) in [6.07, 6.45) is 3.37. The second kappa shape index (κ2) is 7.00. The molecule has 0 spiro atoms. The maximum Gasteiger partial charge on any atom is 0.242 e. The molecule has 0 unspecified atom stereocenters. The Kier molecular flexibility index (Phi) is 4.79. The summed E-state index contributed by atoms with van der Waals surface area (Å²) in [5.74, 6) is 6.46. The van der Waals surface area contributed by atoms with Crippen molar-refractivity contribution in [3.05, 3.63) is 48.3 Å². The second-order valence-electron chi connectivity index (χ2n) is 3.98. The lowest BCUT2D eigenvalue weighted by Crippen LogP contribution is -2.27. The fourth-order valence-corrected chi connectivity index (χ4v) is 1.63. The zero-order chi connectivity index (χ0) is 14.2. The Labute approximate surface area is 117 Å². The first kappa shape index (κ1) is 13.7. The lowest BCUT2D eigenvalue weighted by molar-refractivity contribution is -0.121. The van der Waals surface area contributed by atoms with Gasteiger partial charge in [-0.3, -0.25) is 9.48 Å². The van der Waals surface area contributed by atoms with Crippen LogP contribution >= 0.6 is 0 Å². The minimum absolute atomic E-state index is 0.122. The third-order valence-corrected chi connectivity index (χ3v) is 2.57. The first-order valence-corrected chi connectivity index (χ1v) is 6.15. The molecule has 0 atom stereocenters. The Morgan fingerprint density at radius 2 is 2.25 bits per heavy atom. The molecule has 0 radical (unpaired) electrons. The monoisotopic (exact) mass is 269 g/mol. The number of nitrogens with one attached hydrogen (secondary N) is 1. The zero-order valence-corrected chi connectivity index (χ0v) is 11.2. The number of amides is 1. The summed E-state index contributed by atoms with van der Waals surface area (Å²) in [6, 6.07) is 9.27. The maximum absolute atomic E-state index is 11.6. The third-order valence-electron chi connectivity index (χ3n) is 2.57. The van der Waals surface area contributed by atoms with E-state index in [-0.39, 0.29) is 19.0 Å². The summed E-state index contributed by atoms with van der Waals surface area (Å²) < 4.78 is 6.75. The van der Waals surface area contributed by atoms with E-state index in [9.17, 15) is 4.79 Å². The fourth-order valence-electron chi connectivity index (χ4n) is 1.63. The predicted molar refractivity (Wildman–Crippen MR) is 75.1 cm³/mol. The molecule has 0 aliphatic rings. The van der Waals surface area contributed by atoms with Crippen LogP contribution in [0.25, 0.3) is 0 Å². The van der Waals surface area contributed by atoms with Gasteiger partial charge in [0.15, 0.2) is 0 Å². The predicted octanol–water partition coefficient (Wildman–Crippen LogP) is 1.06. The van der Waals surface area contributed by atoms with Gasteiger partial charge in [-0.05, 0) is 18.2 Å². The van der Waals surface area contributed by atoms with E-state index >= 15 is 0 Å². The van der Waals surface area contributed by atoms with E-state index in [1.165, 1.54) is 0 Å². The van der Waals surface area contributed by atoms with Gasteiger partial charge < -0.3 is 10.1 Å². The van der Waals surface area contributed by atoms with Gasteiger partial charge >= 0.3 is 0 Å². The Bertz CT molecular complexity index is 624. The number of para-hydroxylation sites is 1. The molecule has 1 aromatic heterocycles. The van der Waals surface area contributed by atoms with E-state index in [4.69, 9.17) is 4.74 Å². The number of benzene rings is 1. The lowest BCUT2D eigenvalue weighted by atomic mass is 10.2. The van der Waals surface area contributed by atoms with Gasteiger partial charge in [-0.1, -0.05) is 24.0 Å². The first-order valence-electron chi connectivity index (χ1n) is 6.15. The first-order chi connectivity index (χ1) is 9.79. The molecule has 1 heterocycles. The van der Waals surface area contributed by atoms with Crippen LogP contribution in [0.15, 0.2) is 42.7 Å². The molecule has 0 bridgehead atoms. The highest BCUT2D eigenvalue weighted by Crippen LogP contribution is 2.15. The molecule has 1 aromatic carbocycles. The van der Waals surface area contributed by atoms with Crippen LogP contribution in [0.4, 0.5) is 0 Å². The Hall–Kier alpha value is -2.74. The van der Waals surface area contributed by atoms with Crippen molar-refractivity contribution >= 4 is 5.91 Å². The van der Waals surface area contributed by atoms with Crippen LogP contribution < -0.4 is 10.1 Å². The van der Waals surface area contributed by atoms with Crippen LogP contribution in [0, 0.1) is 11.8 Å². The number of rotatable bonds is 4. The molecule has 5 nitrogen and oxygen atoms in total. The number of nitrogens with zero attached hydrogens (tertiary/aromatic N) is 2. The molecule has 0 fully saturated rings. The molecule has 5 heteroatoms. The minimum Gasteiger partial charge on any atom is -0.495 e. The van der Waals surface area contributed by atoms with E-state index in [2.05, 4.69) is 22.3 Å². The van der Waals surface area contributed by atoms with Gasteiger partial charge in [0, 0.05) is 12.4 Å². The van der Waals surface area contributed by atoms with Gasteiger partial charge in [-0.25, -0.2) is 0 Å². The third kappa shape index (κ3) is 3.89. The van der Waals surface area contributed by atoms with Gasteiger partial charge in [0.1, 0.15) is 12.3 Å². The number of methoxy groups -OCH3 is 1. The molecule has 0 aliphatic carbocycles. The molecular weight excluding hydrogens is 254 g/mol. The van der Waals surface area contributed by atoms with Crippen molar-refractivity contribution in [2.75, 3.05) is 13.7 Å². The molecule has 0 saturated carbocycles. The topological polar surface area (TPSA) is 56.1 Å². The number of hydrogen-bond acceptors (Lipinski definition) is 3. The second-order valence-corrected chi connectivity index (χ2v) is 3.98. The molecular formula is C15H15N3O2. The highest BCUT2D eigenvalue weighted by molar-refractivity contribution is 5.75.